The lowest BCUT2D eigenvalue weighted by molar-refractivity contribution is -0.149. The summed E-state index contributed by atoms with van der Waals surface area (Å²) in [5.74, 6) is -1.62. The normalized spacial score (nSPS) is 10.2. The van der Waals surface area contributed by atoms with Crippen molar-refractivity contribution in [2.75, 3.05) is 23.8 Å². The number of amides is 1. The van der Waals surface area contributed by atoms with E-state index in [0.717, 1.165) is 17.4 Å². The molecule has 0 radical (unpaired) electrons. The molecule has 0 aliphatic heterocycles. The Morgan fingerprint density at radius 2 is 1.60 bits per heavy atom. The number of esters is 1. The molecule has 0 spiro atoms. The molecular formula is C22H18ClFN2O4. The van der Waals surface area contributed by atoms with Gasteiger partial charge in [-0.2, -0.15) is 0 Å². The van der Waals surface area contributed by atoms with Crippen LogP contribution in [0.1, 0.15) is 0 Å². The number of para-hydroxylation sites is 1. The van der Waals surface area contributed by atoms with Crippen molar-refractivity contribution in [3.8, 4) is 5.75 Å². The summed E-state index contributed by atoms with van der Waals surface area (Å²) in [5.41, 5.74) is 1.76. The van der Waals surface area contributed by atoms with E-state index in [9.17, 15) is 14.0 Å². The van der Waals surface area contributed by atoms with Gasteiger partial charge in [0.2, 0.25) is 0 Å². The van der Waals surface area contributed by atoms with E-state index in [2.05, 4.69) is 10.6 Å². The first-order valence-electron chi connectivity index (χ1n) is 8.95. The van der Waals surface area contributed by atoms with E-state index in [1.165, 1.54) is 12.1 Å². The summed E-state index contributed by atoms with van der Waals surface area (Å²) in [4.78, 5) is 23.5. The van der Waals surface area contributed by atoms with Gasteiger partial charge in [0.25, 0.3) is 5.91 Å². The highest BCUT2D eigenvalue weighted by molar-refractivity contribution is 6.30. The van der Waals surface area contributed by atoms with Crippen LogP contribution in [-0.4, -0.2) is 25.1 Å². The van der Waals surface area contributed by atoms with Crippen molar-refractivity contribution in [3.05, 3.63) is 83.6 Å². The van der Waals surface area contributed by atoms with Crippen LogP contribution in [0.2, 0.25) is 5.02 Å². The number of halogens is 2. The second kappa shape index (κ2) is 10.3. The molecule has 3 aromatic carbocycles. The van der Waals surface area contributed by atoms with Gasteiger partial charge in [0.05, 0.1) is 5.69 Å². The minimum atomic E-state index is -0.729. The highest BCUT2D eigenvalue weighted by Gasteiger charge is 2.11. The number of hydrogen-bond acceptors (Lipinski definition) is 5. The molecule has 30 heavy (non-hydrogen) atoms. The molecular weight excluding hydrogens is 411 g/mol. The molecule has 3 rings (SSSR count). The molecule has 8 heteroatoms. The first-order chi connectivity index (χ1) is 14.5. The molecule has 3 aromatic rings. The van der Waals surface area contributed by atoms with Crippen molar-refractivity contribution < 1.29 is 23.5 Å². The molecule has 0 aromatic heterocycles. The van der Waals surface area contributed by atoms with Crippen LogP contribution in [0.3, 0.4) is 0 Å². The molecule has 1 amide bonds. The number of rotatable bonds is 8. The Morgan fingerprint density at radius 1 is 0.900 bits per heavy atom. The number of hydrogen-bond donors (Lipinski definition) is 2. The smallest absolute Gasteiger partial charge is 0.344 e. The average molecular weight is 429 g/mol. The number of anilines is 3. The van der Waals surface area contributed by atoms with E-state index in [-0.39, 0.29) is 17.3 Å². The van der Waals surface area contributed by atoms with Crippen molar-refractivity contribution in [2.45, 2.75) is 0 Å². The fourth-order valence-corrected chi connectivity index (χ4v) is 2.59. The van der Waals surface area contributed by atoms with E-state index in [1.807, 2.05) is 42.5 Å². The van der Waals surface area contributed by atoms with Gasteiger partial charge in [0.1, 0.15) is 11.6 Å². The Balaban J connectivity index is 1.40. The third-order valence-corrected chi connectivity index (χ3v) is 4.08. The van der Waals surface area contributed by atoms with Crippen LogP contribution in [-0.2, 0) is 14.3 Å². The third kappa shape index (κ3) is 6.49. The zero-order valence-electron chi connectivity index (χ0n) is 15.7. The summed E-state index contributed by atoms with van der Waals surface area (Å²) < 4.78 is 23.8. The van der Waals surface area contributed by atoms with E-state index < -0.39 is 24.3 Å². The summed E-state index contributed by atoms with van der Waals surface area (Å²) in [6.45, 7) is -0.932. The molecule has 0 saturated heterocycles. The van der Waals surface area contributed by atoms with Crippen LogP contribution in [0.5, 0.6) is 5.75 Å². The fourth-order valence-electron chi connectivity index (χ4n) is 2.43. The largest absolute Gasteiger partial charge is 0.482 e. The van der Waals surface area contributed by atoms with Gasteiger partial charge in [-0.05, 0) is 54.6 Å². The lowest BCUT2D eigenvalue weighted by Gasteiger charge is -2.10. The molecule has 0 bridgehead atoms. The number of benzene rings is 3. The van der Waals surface area contributed by atoms with E-state index in [4.69, 9.17) is 21.1 Å². The van der Waals surface area contributed by atoms with Gasteiger partial charge in [-0.3, -0.25) is 4.79 Å². The molecule has 0 atom stereocenters. The molecule has 0 fully saturated rings. The lowest BCUT2D eigenvalue weighted by Crippen LogP contribution is -2.24. The van der Waals surface area contributed by atoms with Gasteiger partial charge in [-0.15, -0.1) is 0 Å². The predicted molar refractivity (Wildman–Crippen MR) is 113 cm³/mol. The standard InChI is InChI=1S/C22H18ClFN2O4/c23-15-6-11-20(19(24)12-15)26-21(27)13-30-22(28)14-29-18-9-7-17(8-10-18)25-16-4-2-1-3-5-16/h1-12,25H,13-14H2,(H,26,27). The number of carbonyl (C=O) groups excluding carboxylic acids is 2. The second-order valence-corrected chi connectivity index (χ2v) is 6.57. The topological polar surface area (TPSA) is 76.7 Å². The molecule has 6 nitrogen and oxygen atoms in total. The molecule has 0 unspecified atom stereocenters. The van der Waals surface area contributed by atoms with Gasteiger partial charge in [-0.25, -0.2) is 9.18 Å². The number of carbonyl (C=O) groups is 2. The number of nitrogens with one attached hydrogen (secondary N) is 2. The Hall–Kier alpha value is -3.58. The second-order valence-electron chi connectivity index (χ2n) is 6.14. The maximum Gasteiger partial charge on any atom is 0.344 e. The minimum Gasteiger partial charge on any atom is -0.482 e. The summed E-state index contributed by atoms with van der Waals surface area (Å²) in [5, 5.41) is 5.73. The van der Waals surface area contributed by atoms with Gasteiger partial charge in [-0.1, -0.05) is 29.8 Å². The summed E-state index contributed by atoms with van der Waals surface area (Å²) in [6.07, 6.45) is 0. The molecule has 0 saturated carbocycles. The maximum atomic E-state index is 13.6. The predicted octanol–water partition coefficient (Wildman–Crippen LogP) is 4.78. The molecule has 154 valence electrons. The SMILES string of the molecule is O=C(COC(=O)COc1ccc(Nc2ccccc2)cc1)Nc1ccc(Cl)cc1F. The van der Waals surface area contributed by atoms with Crippen molar-refractivity contribution in [2.24, 2.45) is 0 Å². The quantitative estimate of drug-likeness (QED) is 0.505. The fraction of sp³-hybridized carbons (Fsp3) is 0.0909. The average Bonchev–Trinajstić information content (AvgIpc) is 2.74. The summed E-state index contributed by atoms with van der Waals surface area (Å²) >= 11 is 5.65. The first kappa shape index (κ1) is 21.1. The monoisotopic (exact) mass is 428 g/mol. The molecule has 0 aliphatic carbocycles. The van der Waals surface area contributed by atoms with Gasteiger partial charge in [0, 0.05) is 16.4 Å². The minimum absolute atomic E-state index is 0.0547. The summed E-state index contributed by atoms with van der Waals surface area (Å²) in [6, 6.07) is 20.5. The Kier molecular flexibility index (Phi) is 7.24. The first-order valence-corrected chi connectivity index (χ1v) is 9.33. The number of ether oxygens (including phenoxy) is 2. The van der Waals surface area contributed by atoms with Gasteiger partial charge >= 0.3 is 5.97 Å². The molecule has 2 N–H and O–H groups in total. The Labute approximate surface area is 177 Å². The van der Waals surface area contributed by atoms with Crippen LogP contribution in [0.25, 0.3) is 0 Å². The van der Waals surface area contributed by atoms with Crippen LogP contribution >= 0.6 is 11.6 Å². The van der Waals surface area contributed by atoms with Crippen LogP contribution in [0.15, 0.2) is 72.8 Å². The van der Waals surface area contributed by atoms with E-state index >= 15 is 0 Å². The van der Waals surface area contributed by atoms with Crippen LogP contribution in [0.4, 0.5) is 21.5 Å². The van der Waals surface area contributed by atoms with Crippen molar-refractivity contribution in [1.82, 2.24) is 0 Å². The molecule has 0 heterocycles. The third-order valence-electron chi connectivity index (χ3n) is 3.84. The van der Waals surface area contributed by atoms with Crippen molar-refractivity contribution >= 4 is 40.5 Å². The van der Waals surface area contributed by atoms with E-state index in [1.54, 1.807) is 12.1 Å². The van der Waals surface area contributed by atoms with E-state index in [0.29, 0.717) is 5.75 Å². The van der Waals surface area contributed by atoms with Gasteiger partial charge < -0.3 is 20.1 Å². The van der Waals surface area contributed by atoms with Crippen molar-refractivity contribution in [3.63, 3.8) is 0 Å². The highest BCUT2D eigenvalue weighted by Crippen LogP contribution is 2.20. The van der Waals surface area contributed by atoms with Gasteiger partial charge in [0.15, 0.2) is 13.2 Å². The van der Waals surface area contributed by atoms with Crippen LogP contribution < -0.4 is 15.4 Å². The Morgan fingerprint density at radius 3 is 2.30 bits per heavy atom. The molecule has 0 aliphatic rings. The Bertz CT molecular complexity index is 1010. The lowest BCUT2D eigenvalue weighted by atomic mass is 10.2. The highest BCUT2D eigenvalue weighted by atomic mass is 35.5. The maximum absolute atomic E-state index is 13.6. The van der Waals surface area contributed by atoms with Crippen LogP contribution in [0, 0.1) is 5.82 Å². The summed E-state index contributed by atoms with van der Waals surface area (Å²) in [7, 11) is 0. The zero-order chi connectivity index (χ0) is 21.3. The zero-order valence-corrected chi connectivity index (χ0v) is 16.5. The van der Waals surface area contributed by atoms with Crippen molar-refractivity contribution in [1.29, 1.82) is 0 Å².